The zero-order valence-electron chi connectivity index (χ0n) is 15.5. The summed E-state index contributed by atoms with van der Waals surface area (Å²) in [5, 5.41) is 0. The average Bonchev–Trinajstić information content (AvgIpc) is 2.61. The van der Waals surface area contributed by atoms with Gasteiger partial charge in [0.25, 0.3) is 0 Å². The molecule has 0 saturated carbocycles. The van der Waals surface area contributed by atoms with Crippen molar-refractivity contribution in [2.45, 2.75) is 32.4 Å². The molecule has 1 aliphatic rings. The Morgan fingerprint density at radius 1 is 1.31 bits per heavy atom. The van der Waals surface area contributed by atoms with Gasteiger partial charge < -0.3 is 9.64 Å². The van der Waals surface area contributed by atoms with Crippen molar-refractivity contribution in [3.05, 3.63) is 59.4 Å². The van der Waals surface area contributed by atoms with Crippen LogP contribution in [0.3, 0.4) is 0 Å². The Bertz CT molecular complexity index is 793. The van der Waals surface area contributed by atoms with Gasteiger partial charge >= 0.3 is 0 Å². The molecule has 2 aromatic rings. The fourth-order valence-corrected chi connectivity index (χ4v) is 3.55. The Balaban J connectivity index is 1.69. The number of nitrogens with zero attached hydrogens (tertiary/aromatic N) is 2. The second-order valence-corrected chi connectivity index (χ2v) is 6.92. The molecule has 4 nitrogen and oxygen atoms in total. The van der Waals surface area contributed by atoms with Gasteiger partial charge in [-0.1, -0.05) is 24.3 Å². The van der Waals surface area contributed by atoms with Gasteiger partial charge in [-0.25, -0.2) is 4.39 Å². The van der Waals surface area contributed by atoms with Crippen LogP contribution in [-0.2, 0) is 17.8 Å². The molecule has 1 amide bonds. The van der Waals surface area contributed by atoms with Gasteiger partial charge in [0.1, 0.15) is 0 Å². The van der Waals surface area contributed by atoms with E-state index in [-0.39, 0.29) is 30.1 Å². The molecule has 0 N–H and O–H groups in total. The summed E-state index contributed by atoms with van der Waals surface area (Å²) in [4.78, 5) is 16.7. The molecule has 1 atom stereocenters. The van der Waals surface area contributed by atoms with E-state index in [1.807, 2.05) is 41.1 Å². The first-order chi connectivity index (χ1) is 12.5. The van der Waals surface area contributed by atoms with E-state index < -0.39 is 0 Å². The second kappa shape index (κ2) is 7.87. The smallest absolute Gasteiger partial charge is 0.241 e. The molecule has 0 aliphatic carbocycles. The van der Waals surface area contributed by atoms with Gasteiger partial charge in [-0.15, -0.1) is 0 Å². The van der Waals surface area contributed by atoms with Crippen LogP contribution in [0.15, 0.2) is 42.5 Å². The van der Waals surface area contributed by atoms with Crippen molar-refractivity contribution in [1.29, 1.82) is 0 Å². The number of likely N-dealkylation sites (N-methyl/N-ethyl adjacent to an activating group) is 1. The number of carbonyl (C=O) groups excluding carboxylic acids is 1. The highest BCUT2D eigenvalue weighted by Crippen LogP contribution is 2.30. The number of aryl methyl sites for hydroxylation is 1. The number of hydrogen-bond acceptors (Lipinski definition) is 3. The van der Waals surface area contributed by atoms with E-state index in [9.17, 15) is 9.18 Å². The van der Waals surface area contributed by atoms with E-state index in [0.29, 0.717) is 6.54 Å². The number of anilines is 1. The van der Waals surface area contributed by atoms with Crippen molar-refractivity contribution >= 4 is 11.6 Å². The van der Waals surface area contributed by atoms with Crippen LogP contribution in [0.25, 0.3) is 0 Å². The highest BCUT2D eigenvalue weighted by Gasteiger charge is 2.28. The first kappa shape index (κ1) is 18.4. The lowest BCUT2D eigenvalue weighted by atomic mass is 9.96. The quantitative estimate of drug-likeness (QED) is 0.820. The number of methoxy groups -OCH3 is 1. The Hall–Kier alpha value is -2.40. The summed E-state index contributed by atoms with van der Waals surface area (Å²) in [5.41, 5.74) is 3.05. The molecule has 0 saturated heterocycles. The molecule has 26 heavy (non-hydrogen) atoms. The third kappa shape index (κ3) is 3.88. The van der Waals surface area contributed by atoms with Crippen molar-refractivity contribution < 1.29 is 13.9 Å². The molecule has 0 radical (unpaired) electrons. The number of benzene rings is 2. The topological polar surface area (TPSA) is 32.8 Å². The molecule has 0 spiro atoms. The molecule has 1 unspecified atom stereocenters. The standard InChI is InChI=1S/C21H25FN2O2/c1-15-8-10-17-6-4-5-7-19(17)24(15)21(25)14-23(2)13-16-9-11-20(26-3)18(22)12-16/h4-7,9,11-12,15H,8,10,13-14H2,1-3H3. The lowest BCUT2D eigenvalue weighted by molar-refractivity contribution is -0.120. The van der Waals surface area contributed by atoms with Crippen LogP contribution < -0.4 is 9.64 Å². The minimum absolute atomic E-state index is 0.0705. The predicted molar refractivity (Wildman–Crippen MR) is 101 cm³/mol. The number of hydrogen-bond donors (Lipinski definition) is 0. The van der Waals surface area contributed by atoms with Crippen molar-refractivity contribution in [1.82, 2.24) is 4.90 Å². The molecular formula is C21H25FN2O2. The number of halogens is 1. The minimum Gasteiger partial charge on any atom is -0.494 e. The van der Waals surface area contributed by atoms with Gasteiger partial charge in [0.15, 0.2) is 11.6 Å². The minimum atomic E-state index is -0.386. The van der Waals surface area contributed by atoms with E-state index in [1.54, 1.807) is 6.07 Å². The van der Waals surface area contributed by atoms with Gasteiger partial charge in [0, 0.05) is 18.3 Å². The molecule has 2 aromatic carbocycles. The lowest BCUT2D eigenvalue weighted by Gasteiger charge is -2.36. The van der Waals surface area contributed by atoms with Gasteiger partial charge in [0.2, 0.25) is 5.91 Å². The third-order valence-corrected chi connectivity index (χ3v) is 4.87. The first-order valence-electron chi connectivity index (χ1n) is 8.90. The van der Waals surface area contributed by atoms with Crippen LogP contribution >= 0.6 is 0 Å². The molecule has 0 aromatic heterocycles. The largest absolute Gasteiger partial charge is 0.494 e. The fraction of sp³-hybridized carbons (Fsp3) is 0.381. The normalized spacial score (nSPS) is 16.5. The first-order valence-corrected chi connectivity index (χ1v) is 8.90. The highest BCUT2D eigenvalue weighted by atomic mass is 19.1. The summed E-state index contributed by atoms with van der Waals surface area (Å²) in [6, 6.07) is 13.2. The maximum absolute atomic E-state index is 13.9. The average molecular weight is 356 g/mol. The Morgan fingerprint density at radius 2 is 2.08 bits per heavy atom. The molecule has 3 rings (SSSR count). The van der Waals surface area contributed by atoms with Crippen molar-refractivity contribution in [2.24, 2.45) is 0 Å². The molecule has 1 aliphatic heterocycles. The van der Waals surface area contributed by atoms with Gasteiger partial charge in [-0.3, -0.25) is 9.69 Å². The summed E-state index contributed by atoms with van der Waals surface area (Å²) in [5.74, 6) is -0.0873. The number of fused-ring (bicyclic) bond motifs is 1. The fourth-order valence-electron chi connectivity index (χ4n) is 3.55. The lowest BCUT2D eigenvalue weighted by Crippen LogP contribution is -2.46. The van der Waals surface area contributed by atoms with Crippen LogP contribution in [0.5, 0.6) is 5.75 Å². The van der Waals surface area contributed by atoms with Crippen molar-refractivity contribution in [3.63, 3.8) is 0 Å². The monoisotopic (exact) mass is 356 g/mol. The molecule has 0 bridgehead atoms. The number of rotatable bonds is 5. The Kier molecular flexibility index (Phi) is 5.57. The second-order valence-electron chi connectivity index (χ2n) is 6.92. The molecule has 5 heteroatoms. The van der Waals surface area contributed by atoms with E-state index >= 15 is 0 Å². The molecular weight excluding hydrogens is 331 g/mol. The van der Waals surface area contributed by atoms with Gasteiger partial charge in [0.05, 0.1) is 13.7 Å². The predicted octanol–water partition coefficient (Wildman–Crippen LogP) is 3.63. The van der Waals surface area contributed by atoms with E-state index in [0.717, 1.165) is 24.1 Å². The number of carbonyl (C=O) groups is 1. The van der Waals surface area contributed by atoms with Gasteiger partial charge in [-0.2, -0.15) is 0 Å². The zero-order valence-corrected chi connectivity index (χ0v) is 15.5. The summed E-state index contributed by atoms with van der Waals surface area (Å²) in [6.45, 7) is 2.87. The molecule has 1 heterocycles. The summed E-state index contributed by atoms with van der Waals surface area (Å²) >= 11 is 0. The van der Waals surface area contributed by atoms with E-state index in [4.69, 9.17) is 4.74 Å². The van der Waals surface area contributed by atoms with Crippen molar-refractivity contribution in [3.8, 4) is 5.75 Å². The SMILES string of the molecule is COc1ccc(CN(C)CC(=O)N2c3ccccc3CCC2C)cc1F. The number of para-hydroxylation sites is 1. The summed E-state index contributed by atoms with van der Waals surface area (Å²) in [7, 11) is 3.32. The summed E-state index contributed by atoms with van der Waals surface area (Å²) < 4.78 is 18.8. The van der Waals surface area contributed by atoms with Crippen LogP contribution in [0.4, 0.5) is 10.1 Å². The van der Waals surface area contributed by atoms with Crippen molar-refractivity contribution in [2.75, 3.05) is 25.6 Å². The third-order valence-electron chi connectivity index (χ3n) is 4.87. The number of ether oxygens (including phenoxy) is 1. The van der Waals surface area contributed by atoms with Crippen LogP contribution in [-0.4, -0.2) is 37.6 Å². The summed E-state index contributed by atoms with van der Waals surface area (Å²) in [6.07, 6.45) is 1.97. The molecule has 0 fully saturated rings. The van der Waals surface area contributed by atoms with Crippen LogP contribution in [0.2, 0.25) is 0 Å². The molecule has 138 valence electrons. The highest BCUT2D eigenvalue weighted by molar-refractivity contribution is 5.96. The zero-order chi connectivity index (χ0) is 18.7. The van der Waals surface area contributed by atoms with E-state index in [2.05, 4.69) is 13.0 Å². The maximum Gasteiger partial charge on any atom is 0.241 e. The Morgan fingerprint density at radius 3 is 2.81 bits per heavy atom. The van der Waals surface area contributed by atoms with Gasteiger partial charge in [-0.05, 0) is 56.1 Å². The maximum atomic E-state index is 13.9. The van der Waals surface area contributed by atoms with Crippen LogP contribution in [0, 0.1) is 5.82 Å². The van der Waals surface area contributed by atoms with E-state index in [1.165, 1.54) is 18.7 Å². The number of amides is 1. The van der Waals surface area contributed by atoms with Crippen LogP contribution in [0.1, 0.15) is 24.5 Å². The Labute approximate surface area is 154 Å².